The second-order valence-electron chi connectivity index (χ2n) is 9.52. The highest BCUT2D eigenvalue weighted by atomic mass is 19.3. The van der Waals surface area contributed by atoms with Gasteiger partial charge in [0.15, 0.2) is 0 Å². The van der Waals surface area contributed by atoms with Gasteiger partial charge in [-0.25, -0.2) is 13.6 Å². The number of nitrogens with zero attached hydrogens (tertiary/aromatic N) is 1. The standard InChI is InChI=1S/C26H28F2N2O5/c1-15(2)11-22(23(31)30-12-21(24(32)33)26(27,28)14-30)29-25(34)35-13-20-18-9-5-3-7-16(18)17-8-4-6-10-19(17)20/h3-10,15,20-22H,11-14H2,1-2H3,(H,29,34)(H,32,33)/t21?,22-/m0/s1. The lowest BCUT2D eigenvalue weighted by atomic mass is 9.98. The van der Waals surface area contributed by atoms with Crippen LogP contribution < -0.4 is 5.32 Å². The van der Waals surface area contributed by atoms with Crippen LogP contribution in [0.3, 0.4) is 0 Å². The number of benzene rings is 2. The van der Waals surface area contributed by atoms with E-state index in [0.29, 0.717) is 0 Å². The van der Waals surface area contributed by atoms with Gasteiger partial charge >= 0.3 is 12.1 Å². The van der Waals surface area contributed by atoms with Crippen LogP contribution in [0.5, 0.6) is 0 Å². The molecule has 1 saturated heterocycles. The number of alkyl halides is 2. The minimum absolute atomic E-state index is 0.0313. The van der Waals surface area contributed by atoms with E-state index in [2.05, 4.69) is 5.32 Å². The summed E-state index contributed by atoms with van der Waals surface area (Å²) in [6, 6.07) is 14.6. The Kier molecular flexibility index (Phi) is 6.78. The average molecular weight is 487 g/mol. The highest BCUT2D eigenvalue weighted by Gasteiger charge is 2.54. The molecule has 0 radical (unpaired) electrons. The Balaban J connectivity index is 1.44. The smallest absolute Gasteiger partial charge is 0.407 e. The average Bonchev–Trinajstić information content (AvgIpc) is 3.30. The number of fused-ring (bicyclic) bond motifs is 3. The Morgan fingerprint density at radius 3 is 2.17 bits per heavy atom. The van der Waals surface area contributed by atoms with Gasteiger partial charge in [0.1, 0.15) is 18.6 Å². The van der Waals surface area contributed by atoms with Gasteiger partial charge in [0.25, 0.3) is 5.92 Å². The van der Waals surface area contributed by atoms with Crippen molar-refractivity contribution in [3.63, 3.8) is 0 Å². The number of carbonyl (C=O) groups is 3. The Morgan fingerprint density at radius 2 is 1.66 bits per heavy atom. The molecule has 2 N–H and O–H groups in total. The number of nitrogens with one attached hydrogen (secondary N) is 1. The lowest BCUT2D eigenvalue weighted by Crippen LogP contribution is -2.49. The molecule has 2 atom stereocenters. The number of alkyl carbamates (subject to hydrolysis) is 1. The van der Waals surface area contributed by atoms with E-state index in [0.717, 1.165) is 27.2 Å². The number of halogens is 2. The van der Waals surface area contributed by atoms with Crippen LogP contribution in [0.25, 0.3) is 11.1 Å². The third-order valence-corrected chi connectivity index (χ3v) is 6.57. The van der Waals surface area contributed by atoms with Gasteiger partial charge in [-0.3, -0.25) is 9.59 Å². The second-order valence-corrected chi connectivity index (χ2v) is 9.52. The third kappa shape index (κ3) is 4.99. The number of carboxylic acid groups (broad SMARTS) is 1. The first kappa shape index (κ1) is 24.6. The second kappa shape index (κ2) is 9.64. The van der Waals surface area contributed by atoms with Crippen LogP contribution in [0.15, 0.2) is 48.5 Å². The van der Waals surface area contributed by atoms with E-state index in [4.69, 9.17) is 9.84 Å². The van der Waals surface area contributed by atoms with Gasteiger partial charge in [-0.05, 0) is 34.6 Å². The molecule has 0 spiro atoms. The van der Waals surface area contributed by atoms with Crippen molar-refractivity contribution in [2.45, 2.75) is 38.2 Å². The van der Waals surface area contributed by atoms with Crippen molar-refractivity contribution in [1.82, 2.24) is 10.2 Å². The maximum Gasteiger partial charge on any atom is 0.407 e. The molecule has 2 aromatic rings. The summed E-state index contributed by atoms with van der Waals surface area (Å²) in [4.78, 5) is 37.7. The highest BCUT2D eigenvalue weighted by molar-refractivity contribution is 5.87. The van der Waals surface area contributed by atoms with Crippen LogP contribution in [0, 0.1) is 11.8 Å². The summed E-state index contributed by atoms with van der Waals surface area (Å²) in [6.45, 7) is 2.11. The molecule has 7 nitrogen and oxygen atoms in total. The van der Waals surface area contributed by atoms with Gasteiger partial charge in [0, 0.05) is 12.5 Å². The fourth-order valence-electron chi connectivity index (χ4n) is 4.91. The molecule has 1 unspecified atom stereocenters. The first-order valence-corrected chi connectivity index (χ1v) is 11.6. The lowest BCUT2D eigenvalue weighted by Gasteiger charge is -2.25. The lowest BCUT2D eigenvalue weighted by molar-refractivity contribution is -0.151. The summed E-state index contributed by atoms with van der Waals surface area (Å²) in [5, 5.41) is 11.6. The van der Waals surface area contributed by atoms with Crippen molar-refractivity contribution in [2.75, 3.05) is 19.7 Å². The minimum atomic E-state index is -3.53. The van der Waals surface area contributed by atoms with Crippen LogP contribution in [0.4, 0.5) is 13.6 Å². The summed E-state index contributed by atoms with van der Waals surface area (Å²) in [5.41, 5.74) is 4.23. The third-order valence-electron chi connectivity index (χ3n) is 6.57. The molecule has 1 heterocycles. The number of hydrogen-bond acceptors (Lipinski definition) is 4. The minimum Gasteiger partial charge on any atom is -0.481 e. The molecule has 9 heteroatoms. The molecule has 1 aliphatic heterocycles. The van der Waals surface area contributed by atoms with Crippen molar-refractivity contribution in [1.29, 1.82) is 0 Å². The molecule has 35 heavy (non-hydrogen) atoms. The van der Waals surface area contributed by atoms with E-state index in [1.807, 2.05) is 62.4 Å². The molecule has 2 aliphatic rings. The maximum atomic E-state index is 14.1. The SMILES string of the molecule is CC(C)C[C@H](NC(=O)OCC1c2ccccc2-c2ccccc21)C(=O)N1CC(C(=O)O)C(F)(F)C1. The zero-order valence-electron chi connectivity index (χ0n) is 19.5. The quantitative estimate of drug-likeness (QED) is 0.614. The molecule has 1 aliphatic carbocycles. The molecule has 2 aromatic carbocycles. The van der Waals surface area contributed by atoms with Gasteiger partial charge in [-0.2, -0.15) is 0 Å². The summed E-state index contributed by atoms with van der Waals surface area (Å²) in [6.07, 6.45) is -0.630. The Morgan fingerprint density at radius 1 is 1.09 bits per heavy atom. The van der Waals surface area contributed by atoms with E-state index in [1.165, 1.54) is 0 Å². The first-order chi connectivity index (χ1) is 16.6. The monoisotopic (exact) mass is 486 g/mol. The number of ether oxygens (including phenoxy) is 1. The Bertz CT molecular complexity index is 1090. The summed E-state index contributed by atoms with van der Waals surface area (Å²) in [5.74, 6) is -8.10. The predicted octanol–water partition coefficient (Wildman–Crippen LogP) is 4.12. The summed E-state index contributed by atoms with van der Waals surface area (Å²) >= 11 is 0. The normalized spacial score (nSPS) is 19.2. The molecular formula is C26H28F2N2O5. The van der Waals surface area contributed by atoms with Crippen molar-refractivity contribution in [2.24, 2.45) is 11.8 Å². The van der Waals surface area contributed by atoms with Gasteiger partial charge in [0.2, 0.25) is 5.91 Å². The van der Waals surface area contributed by atoms with Gasteiger partial charge in [-0.15, -0.1) is 0 Å². The van der Waals surface area contributed by atoms with Crippen LogP contribution in [-0.2, 0) is 14.3 Å². The molecule has 0 saturated carbocycles. The predicted molar refractivity (Wildman–Crippen MR) is 124 cm³/mol. The molecule has 4 rings (SSSR count). The number of aliphatic carboxylic acids is 1. The van der Waals surface area contributed by atoms with Crippen LogP contribution in [0.2, 0.25) is 0 Å². The van der Waals surface area contributed by atoms with E-state index in [-0.39, 0.29) is 24.9 Å². The van der Waals surface area contributed by atoms with Gasteiger partial charge < -0.3 is 20.1 Å². The maximum absolute atomic E-state index is 14.1. The zero-order valence-corrected chi connectivity index (χ0v) is 19.5. The number of rotatable bonds is 7. The first-order valence-electron chi connectivity index (χ1n) is 11.6. The van der Waals surface area contributed by atoms with Crippen LogP contribution in [0.1, 0.15) is 37.3 Å². The van der Waals surface area contributed by atoms with Crippen molar-refractivity contribution in [3.8, 4) is 11.1 Å². The number of hydrogen-bond donors (Lipinski definition) is 2. The molecular weight excluding hydrogens is 458 g/mol. The molecule has 0 bridgehead atoms. The van der Waals surface area contributed by atoms with Gasteiger partial charge in [0.05, 0.1) is 6.54 Å². The van der Waals surface area contributed by atoms with Crippen LogP contribution >= 0.6 is 0 Å². The Labute approximate surface area is 202 Å². The van der Waals surface area contributed by atoms with Crippen molar-refractivity contribution in [3.05, 3.63) is 59.7 Å². The fraction of sp³-hybridized carbons (Fsp3) is 0.423. The Hall–Kier alpha value is -3.49. The largest absolute Gasteiger partial charge is 0.481 e. The highest BCUT2D eigenvalue weighted by Crippen LogP contribution is 2.44. The molecule has 186 valence electrons. The number of carbonyl (C=O) groups excluding carboxylic acids is 2. The zero-order chi connectivity index (χ0) is 25.3. The van der Waals surface area contributed by atoms with Crippen molar-refractivity contribution >= 4 is 18.0 Å². The summed E-state index contributed by atoms with van der Waals surface area (Å²) in [7, 11) is 0. The fourth-order valence-corrected chi connectivity index (χ4v) is 4.91. The topological polar surface area (TPSA) is 95.9 Å². The number of amides is 2. The van der Waals surface area contributed by atoms with Gasteiger partial charge in [-0.1, -0.05) is 62.4 Å². The number of carboxylic acids is 1. The molecule has 0 aromatic heterocycles. The van der Waals surface area contributed by atoms with Crippen LogP contribution in [-0.4, -0.2) is 59.6 Å². The molecule has 1 fully saturated rings. The van der Waals surface area contributed by atoms with Crippen molar-refractivity contribution < 1.29 is 33.0 Å². The summed E-state index contributed by atoms with van der Waals surface area (Å²) < 4.78 is 33.7. The van der Waals surface area contributed by atoms with E-state index in [1.54, 1.807) is 0 Å². The number of likely N-dealkylation sites (tertiary alicyclic amines) is 1. The van der Waals surface area contributed by atoms with E-state index >= 15 is 0 Å². The van der Waals surface area contributed by atoms with E-state index in [9.17, 15) is 23.2 Å². The molecule has 2 amide bonds. The van der Waals surface area contributed by atoms with E-state index < -0.39 is 48.9 Å².